The number of amides is 2. The first-order valence-corrected chi connectivity index (χ1v) is 33.2. The zero-order valence-electron chi connectivity index (χ0n) is 51.6. The maximum absolute atomic E-state index is 13.1. The van der Waals surface area contributed by atoms with Crippen LogP contribution < -0.4 is 16.0 Å². The number of aliphatic hydroxyl groups excluding tert-OH is 4. The van der Waals surface area contributed by atoms with Gasteiger partial charge in [-0.1, -0.05) is 102 Å². The monoisotopic (exact) mass is 1160 g/mol. The van der Waals surface area contributed by atoms with Crippen LogP contribution in [-0.4, -0.2) is 119 Å². The number of rotatable bonds is 24. The third-order valence-corrected chi connectivity index (χ3v) is 25.5. The Labute approximate surface area is 501 Å². The summed E-state index contributed by atoms with van der Waals surface area (Å²) in [5.41, 5.74) is 1.69. The van der Waals surface area contributed by atoms with Crippen LogP contribution in [0.5, 0.6) is 0 Å². The lowest BCUT2D eigenvalue weighted by molar-refractivity contribution is -0.210. The van der Waals surface area contributed by atoms with Crippen molar-refractivity contribution in [3.8, 4) is 0 Å². The summed E-state index contributed by atoms with van der Waals surface area (Å²) in [5.74, 6) is 1.43. The molecule has 14 nitrogen and oxygen atoms in total. The van der Waals surface area contributed by atoms with E-state index in [1.165, 1.54) is 0 Å². The van der Waals surface area contributed by atoms with E-state index in [4.69, 9.17) is 9.47 Å². The van der Waals surface area contributed by atoms with Crippen molar-refractivity contribution in [1.82, 2.24) is 16.0 Å². The molecule has 0 saturated heterocycles. The summed E-state index contributed by atoms with van der Waals surface area (Å²) in [7, 11) is 0. The minimum Gasteiger partial charge on any atom is -0.481 e. The number of aliphatic hydroxyl groups is 4. The highest BCUT2D eigenvalue weighted by Crippen LogP contribution is 2.70. The van der Waals surface area contributed by atoms with E-state index in [9.17, 15) is 44.7 Å². The van der Waals surface area contributed by atoms with Crippen LogP contribution in [0.3, 0.4) is 0 Å². The van der Waals surface area contributed by atoms with Gasteiger partial charge in [-0.3, -0.25) is 19.2 Å². The predicted molar refractivity (Wildman–Crippen MR) is 323 cm³/mol. The molecule has 2 aromatic rings. The Bertz CT molecular complexity index is 2520. The van der Waals surface area contributed by atoms with Crippen LogP contribution in [0.4, 0.5) is 0 Å². The molecule has 22 atom stereocenters. The number of hydrogen-bond donors (Lipinski definition) is 8. The molecule has 0 unspecified atom stereocenters. The fourth-order valence-electron chi connectivity index (χ4n) is 20.9. The number of aliphatic carboxylic acids is 1. The Morgan fingerprint density at radius 2 is 1.07 bits per heavy atom. The molecule has 84 heavy (non-hydrogen) atoms. The van der Waals surface area contributed by atoms with Gasteiger partial charge in [0.2, 0.25) is 11.8 Å². The van der Waals surface area contributed by atoms with Gasteiger partial charge in [0.15, 0.2) is 5.78 Å². The third-order valence-electron chi connectivity index (χ3n) is 25.5. The molecule has 0 heterocycles. The number of carbonyl (C=O) groups is 4. The Kier molecular flexibility index (Phi) is 20.0. The van der Waals surface area contributed by atoms with Crippen LogP contribution in [0.2, 0.25) is 0 Å². The summed E-state index contributed by atoms with van der Waals surface area (Å²) in [5, 5.41) is 66.6. The van der Waals surface area contributed by atoms with Crippen molar-refractivity contribution in [3.63, 3.8) is 0 Å². The quantitative estimate of drug-likeness (QED) is 0.0363. The molecular formula is C70H105N3O11. The topological polar surface area (TPSA) is 224 Å². The number of Topliss-reactive ketones (excluding diaryl/α,β-unsaturated/α-hetero) is 1. The van der Waals surface area contributed by atoms with Crippen molar-refractivity contribution < 1.29 is 54.2 Å². The van der Waals surface area contributed by atoms with Gasteiger partial charge in [0, 0.05) is 32.5 Å². The summed E-state index contributed by atoms with van der Waals surface area (Å²) in [6.07, 6.45) is 12.9. The summed E-state index contributed by atoms with van der Waals surface area (Å²) in [6, 6.07) is 21.0. The molecule has 0 aromatic heterocycles. The van der Waals surface area contributed by atoms with Gasteiger partial charge in [-0.25, -0.2) is 0 Å². The summed E-state index contributed by atoms with van der Waals surface area (Å²) in [6.45, 7) is 15.5. The first-order chi connectivity index (χ1) is 40.2. The van der Waals surface area contributed by atoms with Crippen LogP contribution in [0.1, 0.15) is 187 Å². The summed E-state index contributed by atoms with van der Waals surface area (Å²) in [4.78, 5) is 49.9. The summed E-state index contributed by atoms with van der Waals surface area (Å²) >= 11 is 0. The molecule has 0 radical (unpaired) electrons. The van der Waals surface area contributed by atoms with Gasteiger partial charge in [0.05, 0.1) is 56.2 Å². The Balaban J connectivity index is 0.591. The van der Waals surface area contributed by atoms with Gasteiger partial charge in [-0.05, 0) is 213 Å². The molecule has 8 saturated carbocycles. The zero-order chi connectivity index (χ0) is 59.7. The van der Waals surface area contributed by atoms with Crippen LogP contribution in [0.15, 0.2) is 60.7 Å². The van der Waals surface area contributed by atoms with Gasteiger partial charge in [0.1, 0.15) is 6.10 Å². The van der Waals surface area contributed by atoms with Crippen LogP contribution in [0, 0.1) is 92.7 Å². The molecule has 0 bridgehead atoms. The number of nitrogens with one attached hydrogen (secondary N) is 3. The average Bonchev–Trinajstić information content (AvgIpc) is 1.34. The first-order valence-electron chi connectivity index (χ1n) is 33.2. The second-order valence-corrected chi connectivity index (χ2v) is 29.6. The van der Waals surface area contributed by atoms with Gasteiger partial charge in [0.25, 0.3) is 0 Å². The van der Waals surface area contributed by atoms with Crippen LogP contribution >= 0.6 is 0 Å². The zero-order valence-corrected chi connectivity index (χ0v) is 51.6. The number of hydrogen-bond acceptors (Lipinski definition) is 11. The number of benzene rings is 2. The van der Waals surface area contributed by atoms with Gasteiger partial charge < -0.3 is 51.0 Å². The predicted octanol–water partition coefficient (Wildman–Crippen LogP) is 9.84. The molecule has 0 aliphatic heterocycles. The highest BCUT2D eigenvalue weighted by molar-refractivity contribution is 5.98. The number of ether oxygens (including phenoxy) is 2. The lowest BCUT2D eigenvalue weighted by atomic mass is 9.43. The van der Waals surface area contributed by atoms with E-state index in [0.29, 0.717) is 64.3 Å². The minimum absolute atomic E-state index is 0.00562. The largest absolute Gasteiger partial charge is 0.481 e. The van der Waals surface area contributed by atoms with E-state index in [1.807, 2.05) is 12.1 Å². The third kappa shape index (κ3) is 12.6. The van der Waals surface area contributed by atoms with E-state index in [0.717, 1.165) is 94.6 Å². The van der Waals surface area contributed by atoms with Gasteiger partial charge in [-0.2, -0.15) is 0 Å². The van der Waals surface area contributed by atoms with E-state index in [1.54, 1.807) is 0 Å². The van der Waals surface area contributed by atoms with Crippen molar-refractivity contribution in [3.05, 3.63) is 71.8 Å². The number of ketones is 1. The molecular weight excluding hydrogens is 1060 g/mol. The SMILES string of the molecule is C[C@H](CCC(=O)O)[C@H]1CC[C@H]2[C@@H]3[C@H](O)C[C@@H]4C[C@@H](OCCNCC(=O)CC(=O)NCCCNC(=O)CC[C@@H](C)[C@H]5CC[C@H]6[C@@H]7[C@H](O)C[C@@H]8C[C@H](OC(c9ccccc9)c9ccccc9)CC[C@]8(C)[C@H]7C[C@H](O)[C@]56C)CC[C@]4(C)[C@H]3C[C@H](O)[C@]12C. The van der Waals surface area contributed by atoms with Gasteiger partial charge >= 0.3 is 5.97 Å². The molecule has 8 N–H and O–H groups in total. The maximum Gasteiger partial charge on any atom is 0.303 e. The lowest BCUT2D eigenvalue weighted by Crippen LogP contribution is -2.62. The second-order valence-electron chi connectivity index (χ2n) is 29.6. The Hall–Kier alpha value is -3.76. The van der Waals surface area contributed by atoms with Crippen LogP contribution in [-0.2, 0) is 28.7 Å². The minimum atomic E-state index is -0.775. The highest BCUT2D eigenvalue weighted by Gasteiger charge is 2.68. The molecule has 8 fully saturated rings. The Morgan fingerprint density at radius 1 is 0.583 bits per heavy atom. The van der Waals surface area contributed by atoms with Crippen molar-refractivity contribution in [2.75, 3.05) is 32.8 Å². The Morgan fingerprint density at radius 3 is 1.60 bits per heavy atom. The number of carboxylic acids is 1. The van der Waals surface area contributed by atoms with Crippen molar-refractivity contribution in [2.24, 2.45) is 92.7 Å². The number of carbonyl (C=O) groups excluding carboxylic acids is 3. The normalized spacial score (nSPS) is 40.2. The van der Waals surface area contributed by atoms with E-state index in [-0.39, 0.29) is 142 Å². The van der Waals surface area contributed by atoms with Crippen LogP contribution in [0.25, 0.3) is 0 Å². The van der Waals surface area contributed by atoms with E-state index in [2.05, 4.69) is 106 Å². The standard InChI is InChI=1S/C70H105N3O11/c1-42(51-20-22-53-65-56(40-59(77)69(51,53)5)68(4)29-27-50(35-47(68)37-58(65)76)84-66(44-14-9-7-10-15-44)45-16-11-8-12-17-45)18-24-61(79)72-30-13-31-73-62(80)38-48(74)41-71-32-33-83-49-26-28-67(3)46(34-49)36-57(75)64-54-23-21-52(43(2)19-25-63(81)82)70(54,6)60(78)39-55(64)67/h7-12,14-17,42-43,46-47,49-60,64-66,71,75-78H,13,18-41H2,1-6H3,(H,72,79)(H,73,80)(H,81,82)/t42-,43-,46+,47+,49+,50-,51-,52-,53+,54+,55+,56+,57-,58-,59+,60+,64+,65+,67+,68+,69-,70-/m1/s1. The van der Waals surface area contributed by atoms with Gasteiger partial charge in [-0.15, -0.1) is 0 Å². The molecule has 14 heteroatoms. The second kappa shape index (κ2) is 26.5. The fourth-order valence-corrected chi connectivity index (χ4v) is 20.9. The maximum atomic E-state index is 13.1. The molecule has 8 aliphatic carbocycles. The summed E-state index contributed by atoms with van der Waals surface area (Å²) < 4.78 is 13.4. The number of fused-ring (bicyclic) bond motifs is 10. The molecule has 466 valence electrons. The van der Waals surface area contributed by atoms with Crippen molar-refractivity contribution >= 4 is 23.6 Å². The average molecular weight is 1160 g/mol. The lowest BCUT2D eigenvalue weighted by Gasteiger charge is -2.63. The van der Waals surface area contributed by atoms with E-state index < -0.39 is 30.4 Å². The first kappa shape index (κ1) is 63.3. The fraction of sp³-hybridized carbons (Fsp3) is 0.771. The van der Waals surface area contributed by atoms with Crippen molar-refractivity contribution in [2.45, 2.75) is 213 Å². The number of carboxylic acid groups (broad SMARTS) is 1. The highest BCUT2D eigenvalue weighted by atomic mass is 16.5. The van der Waals surface area contributed by atoms with E-state index >= 15 is 0 Å². The molecule has 2 aromatic carbocycles. The smallest absolute Gasteiger partial charge is 0.303 e. The molecule has 10 rings (SSSR count). The van der Waals surface area contributed by atoms with Crippen molar-refractivity contribution in [1.29, 1.82) is 0 Å². The molecule has 0 spiro atoms. The molecule has 2 amide bonds. The molecule has 8 aliphatic rings.